The van der Waals surface area contributed by atoms with Crippen molar-refractivity contribution in [2.75, 3.05) is 13.6 Å². The van der Waals surface area contributed by atoms with Gasteiger partial charge in [-0.2, -0.15) is 0 Å². The van der Waals surface area contributed by atoms with Gasteiger partial charge in [0, 0.05) is 18.6 Å². The normalized spacial score (nSPS) is 11.8. The van der Waals surface area contributed by atoms with Crippen molar-refractivity contribution in [2.24, 2.45) is 0 Å². The molecule has 0 aliphatic carbocycles. The molecule has 1 aromatic rings. The number of nitrogens with one attached hydrogen (secondary N) is 1. The number of hydrogen-bond acceptors (Lipinski definition) is 2. The van der Waals surface area contributed by atoms with Crippen molar-refractivity contribution < 1.29 is 0 Å². The van der Waals surface area contributed by atoms with Crippen molar-refractivity contribution >= 4 is 0 Å². The molecule has 0 fully saturated rings. The molecule has 0 amide bonds. The minimum absolute atomic E-state index is 0.171. The molecule has 1 N–H and O–H groups in total. The van der Waals surface area contributed by atoms with E-state index in [0.717, 1.165) is 26.1 Å². The Labute approximate surface area is 124 Å². The molecular formula is C18H30N2. The van der Waals surface area contributed by atoms with Crippen molar-refractivity contribution in [1.82, 2.24) is 10.2 Å². The number of allylic oxidation sites excluding steroid dienone is 1. The molecule has 0 bridgehead atoms. The first-order valence-corrected chi connectivity index (χ1v) is 7.53. The average Bonchev–Trinajstić information content (AvgIpc) is 2.37. The lowest BCUT2D eigenvalue weighted by Crippen LogP contribution is -2.35. The zero-order valence-electron chi connectivity index (χ0n) is 13.6. The van der Waals surface area contributed by atoms with Crippen molar-refractivity contribution in [3.8, 4) is 0 Å². The maximum absolute atomic E-state index is 3.76. The molecule has 0 aromatic heterocycles. The maximum atomic E-state index is 3.76. The van der Waals surface area contributed by atoms with E-state index in [1.54, 1.807) is 0 Å². The summed E-state index contributed by atoms with van der Waals surface area (Å²) < 4.78 is 0. The van der Waals surface area contributed by atoms with Crippen LogP contribution in [-0.4, -0.2) is 24.0 Å². The number of unbranched alkanes of at least 4 members (excludes halogenated alkanes) is 1. The van der Waals surface area contributed by atoms with Gasteiger partial charge in [0.2, 0.25) is 0 Å². The Morgan fingerprint density at radius 1 is 1.15 bits per heavy atom. The molecule has 2 nitrogen and oxygen atoms in total. The van der Waals surface area contributed by atoms with Gasteiger partial charge in [-0.25, -0.2) is 0 Å². The van der Waals surface area contributed by atoms with Gasteiger partial charge in [-0.3, -0.25) is 0 Å². The molecule has 112 valence electrons. The maximum Gasteiger partial charge on any atom is 0.0230 e. The molecular weight excluding hydrogens is 244 g/mol. The van der Waals surface area contributed by atoms with Gasteiger partial charge in [-0.15, -0.1) is 6.58 Å². The van der Waals surface area contributed by atoms with Crippen LogP contribution in [0.25, 0.3) is 0 Å². The second-order valence-corrected chi connectivity index (χ2v) is 6.59. The van der Waals surface area contributed by atoms with Crippen LogP contribution in [0, 0.1) is 0 Å². The van der Waals surface area contributed by atoms with Crippen molar-refractivity contribution in [3.05, 3.63) is 48.0 Å². The highest BCUT2D eigenvalue weighted by molar-refractivity contribution is 5.22. The highest BCUT2D eigenvalue weighted by Gasteiger charge is 2.08. The monoisotopic (exact) mass is 274 g/mol. The van der Waals surface area contributed by atoms with E-state index >= 15 is 0 Å². The number of hydrogen-bond donors (Lipinski definition) is 1. The molecule has 0 aliphatic heterocycles. The molecule has 0 heterocycles. The fraction of sp³-hybridized carbons (Fsp3) is 0.556. The summed E-state index contributed by atoms with van der Waals surface area (Å²) in [6.45, 7) is 13.4. The van der Waals surface area contributed by atoms with E-state index in [4.69, 9.17) is 0 Å². The lowest BCUT2D eigenvalue weighted by molar-refractivity contribution is 0.323. The van der Waals surface area contributed by atoms with Gasteiger partial charge in [0.25, 0.3) is 0 Å². The smallest absolute Gasteiger partial charge is 0.0230 e. The Balaban J connectivity index is 2.40. The van der Waals surface area contributed by atoms with Crippen LogP contribution in [0.15, 0.2) is 36.9 Å². The number of rotatable bonds is 8. The minimum Gasteiger partial charge on any atom is -0.308 e. The Morgan fingerprint density at radius 3 is 2.30 bits per heavy atom. The summed E-state index contributed by atoms with van der Waals surface area (Å²) in [6.07, 6.45) is 4.28. The first-order chi connectivity index (χ1) is 9.40. The summed E-state index contributed by atoms with van der Waals surface area (Å²) in [6, 6.07) is 8.94. The van der Waals surface area contributed by atoms with Gasteiger partial charge in [0.15, 0.2) is 0 Å². The largest absolute Gasteiger partial charge is 0.308 e. The molecule has 0 aliphatic rings. The molecule has 0 atom stereocenters. The third-order valence-electron chi connectivity index (χ3n) is 3.25. The fourth-order valence-electron chi connectivity index (χ4n) is 2.03. The summed E-state index contributed by atoms with van der Waals surface area (Å²) in [5.41, 5.74) is 2.90. The summed E-state index contributed by atoms with van der Waals surface area (Å²) >= 11 is 0. The third-order valence-corrected chi connectivity index (χ3v) is 3.25. The van der Waals surface area contributed by atoms with Gasteiger partial charge < -0.3 is 10.2 Å². The van der Waals surface area contributed by atoms with Gasteiger partial charge in [-0.1, -0.05) is 30.3 Å². The third kappa shape index (κ3) is 7.46. The Hall–Kier alpha value is -1.12. The second kappa shape index (κ2) is 8.23. The number of nitrogens with zero attached hydrogens (tertiary/aromatic N) is 1. The van der Waals surface area contributed by atoms with E-state index < -0.39 is 0 Å². The second-order valence-electron chi connectivity index (χ2n) is 6.59. The SMILES string of the molecule is C=CCCCN(C)Cc1ccc(CNC(C)(C)C)cc1. The quantitative estimate of drug-likeness (QED) is 0.570. The topological polar surface area (TPSA) is 15.3 Å². The van der Waals surface area contributed by atoms with Crippen LogP contribution in [-0.2, 0) is 13.1 Å². The lowest BCUT2D eigenvalue weighted by Gasteiger charge is -2.21. The van der Waals surface area contributed by atoms with Gasteiger partial charge >= 0.3 is 0 Å². The Bertz CT molecular complexity index is 387. The number of benzene rings is 1. The molecule has 0 saturated carbocycles. The molecule has 0 saturated heterocycles. The van der Waals surface area contributed by atoms with Crippen molar-refractivity contribution in [3.63, 3.8) is 0 Å². The molecule has 2 heteroatoms. The van der Waals surface area contributed by atoms with E-state index in [1.807, 2.05) is 6.08 Å². The van der Waals surface area contributed by atoms with Crippen LogP contribution in [0.4, 0.5) is 0 Å². The van der Waals surface area contributed by atoms with Crippen LogP contribution in [0.1, 0.15) is 44.7 Å². The summed E-state index contributed by atoms with van der Waals surface area (Å²) in [5, 5.41) is 3.51. The van der Waals surface area contributed by atoms with E-state index in [2.05, 4.69) is 68.9 Å². The summed E-state index contributed by atoms with van der Waals surface area (Å²) in [5.74, 6) is 0. The van der Waals surface area contributed by atoms with Gasteiger partial charge in [-0.05, 0) is 58.3 Å². The Morgan fingerprint density at radius 2 is 1.75 bits per heavy atom. The van der Waals surface area contributed by atoms with E-state index in [9.17, 15) is 0 Å². The first-order valence-electron chi connectivity index (χ1n) is 7.53. The molecule has 20 heavy (non-hydrogen) atoms. The standard InChI is InChI=1S/C18H30N2/c1-6-7-8-13-20(5)15-17-11-9-16(10-12-17)14-19-18(2,3)4/h6,9-12,19H,1,7-8,13-15H2,2-5H3. The van der Waals surface area contributed by atoms with E-state index in [0.29, 0.717) is 0 Å². The summed E-state index contributed by atoms with van der Waals surface area (Å²) in [4.78, 5) is 2.37. The highest BCUT2D eigenvalue weighted by Crippen LogP contribution is 2.09. The van der Waals surface area contributed by atoms with Crippen LogP contribution >= 0.6 is 0 Å². The Kier molecular flexibility index (Phi) is 6.97. The van der Waals surface area contributed by atoms with Crippen molar-refractivity contribution in [2.45, 2.75) is 52.2 Å². The van der Waals surface area contributed by atoms with Crippen molar-refractivity contribution in [1.29, 1.82) is 0 Å². The van der Waals surface area contributed by atoms with E-state index in [-0.39, 0.29) is 5.54 Å². The molecule has 1 rings (SSSR count). The van der Waals surface area contributed by atoms with Crippen LogP contribution < -0.4 is 5.32 Å². The highest BCUT2D eigenvalue weighted by atomic mass is 15.1. The van der Waals surface area contributed by atoms with E-state index in [1.165, 1.54) is 17.5 Å². The predicted molar refractivity (Wildman–Crippen MR) is 88.8 cm³/mol. The average molecular weight is 274 g/mol. The van der Waals surface area contributed by atoms with Crippen LogP contribution in [0.2, 0.25) is 0 Å². The van der Waals surface area contributed by atoms with Gasteiger partial charge in [0.1, 0.15) is 0 Å². The molecule has 0 spiro atoms. The fourth-order valence-corrected chi connectivity index (χ4v) is 2.03. The zero-order chi connectivity index (χ0) is 15.0. The molecule has 1 aromatic carbocycles. The molecule has 0 unspecified atom stereocenters. The lowest BCUT2D eigenvalue weighted by atomic mass is 10.1. The molecule has 0 radical (unpaired) electrons. The summed E-state index contributed by atoms with van der Waals surface area (Å²) in [7, 11) is 2.18. The minimum atomic E-state index is 0.171. The predicted octanol–water partition coefficient (Wildman–Crippen LogP) is 3.97. The zero-order valence-corrected chi connectivity index (χ0v) is 13.6. The van der Waals surface area contributed by atoms with Crippen LogP contribution in [0.3, 0.4) is 0 Å². The van der Waals surface area contributed by atoms with Gasteiger partial charge in [0.05, 0.1) is 0 Å². The first kappa shape index (κ1) is 16.9. The van der Waals surface area contributed by atoms with Crippen LogP contribution in [0.5, 0.6) is 0 Å².